The lowest BCUT2D eigenvalue weighted by Crippen LogP contribution is -2.42. The maximum atomic E-state index is 12.9. The van der Waals surface area contributed by atoms with E-state index in [0.717, 1.165) is 14.9 Å². The SMILES string of the molecule is CC(C)c1cccc(NC(=O)CN2C(=O)NC(C)(c3cccc(Br)c3)C2=O)c1. The maximum absolute atomic E-state index is 12.9. The molecule has 0 aliphatic carbocycles. The summed E-state index contributed by atoms with van der Waals surface area (Å²) in [5.74, 6) is -0.557. The highest BCUT2D eigenvalue weighted by Gasteiger charge is 2.49. The molecule has 1 saturated heterocycles. The molecular formula is C21H22BrN3O3. The Kier molecular flexibility index (Phi) is 5.56. The van der Waals surface area contributed by atoms with Crippen molar-refractivity contribution in [2.45, 2.75) is 32.2 Å². The van der Waals surface area contributed by atoms with E-state index in [4.69, 9.17) is 0 Å². The van der Waals surface area contributed by atoms with E-state index >= 15 is 0 Å². The number of hydrogen-bond acceptors (Lipinski definition) is 3. The van der Waals surface area contributed by atoms with Crippen LogP contribution in [0.25, 0.3) is 0 Å². The molecule has 2 aromatic rings. The lowest BCUT2D eigenvalue weighted by atomic mass is 9.92. The van der Waals surface area contributed by atoms with Gasteiger partial charge >= 0.3 is 6.03 Å². The summed E-state index contributed by atoms with van der Waals surface area (Å²) in [6.45, 7) is 5.42. The number of halogens is 1. The molecule has 0 radical (unpaired) electrons. The van der Waals surface area contributed by atoms with Gasteiger partial charge < -0.3 is 10.6 Å². The van der Waals surface area contributed by atoms with Gasteiger partial charge in [-0.1, -0.05) is 54.0 Å². The molecule has 1 fully saturated rings. The summed E-state index contributed by atoms with van der Waals surface area (Å²) in [5.41, 5.74) is 1.17. The van der Waals surface area contributed by atoms with Crippen LogP contribution in [0.1, 0.15) is 37.8 Å². The van der Waals surface area contributed by atoms with Gasteiger partial charge in [0.1, 0.15) is 12.1 Å². The molecule has 1 aliphatic rings. The number of carbonyl (C=O) groups excluding carboxylic acids is 3. The zero-order valence-corrected chi connectivity index (χ0v) is 17.5. The summed E-state index contributed by atoms with van der Waals surface area (Å²) < 4.78 is 0.800. The molecule has 4 amide bonds. The summed E-state index contributed by atoms with van der Waals surface area (Å²) in [7, 11) is 0. The summed E-state index contributed by atoms with van der Waals surface area (Å²) >= 11 is 3.38. The number of rotatable bonds is 5. The van der Waals surface area contributed by atoms with E-state index < -0.39 is 23.4 Å². The van der Waals surface area contributed by atoms with Gasteiger partial charge in [-0.05, 0) is 48.2 Å². The average molecular weight is 444 g/mol. The first-order valence-electron chi connectivity index (χ1n) is 9.00. The van der Waals surface area contributed by atoms with E-state index in [1.807, 2.05) is 24.3 Å². The van der Waals surface area contributed by atoms with Crippen molar-refractivity contribution in [1.29, 1.82) is 0 Å². The fourth-order valence-corrected chi connectivity index (χ4v) is 3.55. The number of urea groups is 1. The minimum absolute atomic E-state index is 0.327. The Morgan fingerprint density at radius 1 is 1.18 bits per heavy atom. The average Bonchev–Trinajstić information content (AvgIpc) is 2.86. The number of imide groups is 1. The standard InChI is InChI=1S/C21H22BrN3O3/c1-13(2)14-6-4-9-17(10-14)23-18(26)12-25-19(27)21(3,24-20(25)28)15-7-5-8-16(22)11-15/h4-11,13H,12H2,1-3H3,(H,23,26)(H,24,28). The second-order valence-corrected chi connectivity index (χ2v) is 8.20. The van der Waals surface area contributed by atoms with Gasteiger partial charge in [-0.2, -0.15) is 0 Å². The molecule has 2 N–H and O–H groups in total. The number of anilines is 1. The molecule has 2 aromatic carbocycles. The van der Waals surface area contributed by atoms with Crippen LogP contribution in [0.2, 0.25) is 0 Å². The van der Waals surface area contributed by atoms with Crippen LogP contribution in [0, 0.1) is 0 Å². The minimum Gasteiger partial charge on any atom is -0.325 e. The Balaban J connectivity index is 1.74. The van der Waals surface area contributed by atoms with Crippen molar-refractivity contribution in [3.63, 3.8) is 0 Å². The zero-order chi connectivity index (χ0) is 20.5. The normalized spacial score (nSPS) is 19.1. The van der Waals surface area contributed by atoms with Crippen LogP contribution in [0.15, 0.2) is 53.0 Å². The van der Waals surface area contributed by atoms with Gasteiger partial charge in [-0.25, -0.2) is 4.79 Å². The molecule has 0 spiro atoms. The molecule has 1 atom stereocenters. The molecule has 0 saturated carbocycles. The molecule has 7 heteroatoms. The Morgan fingerprint density at radius 3 is 2.57 bits per heavy atom. The fourth-order valence-electron chi connectivity index (χ4n) is 3.16. The molecule has 1 unspecified atom stereocenters. The van der Waals surface area contributed by atoms with Crippen molar-refractivity contribution in [3.8, 4) is 0 Å². The summed E-state index contributed by atoms with van der Waals surface area (Å²) in [4.78, 5) is 38.7. The second-order valence-electron chi connectivity index (χ2n) is 7.29. The highest BCUT2D eigenvalue weighted by atomic mass is 79.9. The number of nitrogens with one attached hydrogen (secondary N) is 2. The van der Waals surface area contributed by atoms with Crippen LogP contribution in [0.5, 0.6) is 0 Å². The lowest BCUT2D eigenvalue weighted by molar-refractivity contribution is -0.133. The Morgan fingerprint density at radius 2 is 1.89 bits per heavy atom. The van der Waals surface area contributed by atoms with E-state index in [1.54, 1.807) is 31.2 Å². The van der Waals surface area contributed by atoms with Crippen LogP contribution in [0.3, 0.4) is 0 Å². The molecule has 28 heavy (non-hydrogen) atoms. The van der Waals surface area contributed by atoms with Gasteiger partial charge in [0.2, 0.25) is 5.91 Å². The highest BCUT2D eigenvalue weighted by molar-refractivity contribution is 9.10. The molecular weight excluding hydrogens is 422 g/mol. The number of amides is 4. The highest BCUT2D eigenvalue weighted by Crippen LogP contribution is 2.30. The van der Waals surface area contributed by atoms with Gasteiger partial charge in [0, 0.05) is 10.2 Å². The molecule has 6 nitrogen and oxygen atoms in total. The lowest BCUT2D eigenvalue weighted by Gasteiger charge is -2.22. The van der Waals surface area contributed by atoms with Gasteiger partial charge in [0.15, 0.2) is 0 Å². The van der Waals surface area contributed by atoms with E-state index in [1.165, 1.54) is 0 Å². The number of hydrogen-bond donors (Lipinski definition) is 2. The smallest absolute Gasteiger partial charge is 0.325 e. The Hall–Kier alpha value is -2.67. The van der Waals surface area contributed by atoms with Crippen molar-refractivity contribution in [3.05, 3.63) is 64.1 Å². The third-order valence-electron chi connectivity index (χ3n) is 4.82. The first kappa shape index (κ1) is 20.1. The van der Waals surface area contributed by atoms with E-state index in [0.29, 0.717) is 17.2 Å². The summed E-state index contributed by atoms with van der Waals surface area (Å²) in [5, 5.41) is 5.46. The maximum Gasteiger partial charge on any atom is 0.325 e. The van der Waals surface area contributed by atoms with Crippen LogP contribution in [0.4, 0.5) is 10.5 Å². The molecule has 0 aromatic heterocycles. The summed E-state index contributed by atoms with van der Waals surface area (Å²) in [6, 6.07) is 14.1. The molecule has 0 bridgehead atoms. The molecule has 1 aliphatic heterocycles. The van der Waals surface area contributed by atoms with Gasteiger partial charge in [0.25, 0.3) is 5.91 Å². The predicted molar refractivity (Wildman–Crippen MR) is 111 cm³/mol. The quantitative estimate of drug-likeness (QED) is 0.685. The van der Waals surface area contributed by atoms with Crippen LogP contribution in [-0.2, 0) is 15.1 Å². The van der Waals surface area contributed by atoms with Crippen molar-refractivity contribution < 1.29 is 14.4 Å². The van der Waals surface area contributed by atoms with E-state index in [9.17, 15) is 14.4 Å². The first-order valence-corrected chi connectivity index (χ1v) is 9.80. The van der Waals surface area contributed by atoms with Crippen molar-refractivity contribution in [1.82, 2.24) is 10.2 Å². The summed E-state index contributed by atoms with van der Waals surface area (Å²) in [6.07, 6.45) is 0. The topological polar surface area (TPSA) is 78.5 Å². The fraction of sp³-hybridized carbons (Fsp3) is 0.286. The van der Waals surface area contributed by atoms with Gasteiger partial charge in [-0.3, -0.25) is 14.5 Å². The van der Waals surface area contributed by atoms with Crippen molar-refractivity contribution in [2.24, 2.45) is 0 Å². The zero-order valence-electron chi connectivity index (χ0n) is 16.0. The van der Waals surface area contributed by atoms with Crippen molar-refractivity contribution in [2.75, 3.05) is 11.9 Å². The van der Waals surface area contributed by atoms with Crippen LogP contribution in [-0.4, -0.2) is 29.3 Å². The van der Waals surface area contributed by atoms with E-state index in [-0.39, 0.29) is 6.54 Å². The van der Waals surface area contributed by atoms with Gasteiger partial charge in [0.05, 0.1) is 0 Å². The monoisotopic (exact) mass is 443 g/mol. The van der Waals surface area contributed by atoms with Crippen LogP contribution < -0.4 is 10.6 Å². The van der Waals surface area contributed by atoms with E-state index in [2.05, 4.69) is 40.4 Å². The predicted octanol–water partition coefficient (Wildman–Crippen LogP) is 3.98. The minimum atomic E-state index is -1.21. The third kappa shape index (κ3) is 3.94. The molecule has 3 rings (SSSR count). The molecule has 146 valence electrons. The number of benzene rings is 2. The Bertz CT molecular complexity index is 944. The largest absolute Gasteiger partial charge is 0.325 e. The number of carbonyl (C=O) groups is 3. The first-order chi connectivity index (χ1) is 13.2. The number of nitrogens with zero attached hydrogens (tertiary/aromatic N) is 1. The second kappa shape index (κ2) is 7.75. The van der Waals surface area contributed by atoms with Crippen molar-refractivity contribution >= 4 is 39.5 Å². The Labute approximate surface area is 172 Å². The molecule has 1 heterocycles. The third-order valence-corrected chi connectivity index (χ3v) is 5.31. The van der Waals surface area contributed by atoms with Gasteiger partial charge in [-0.15, -0.1) is 0 Å². The van der Waals surface area contributed by atoms with Crippen LogP contribution >= 0.6 is 15.9 Å².